The number of carbonyl (C=O) groups is 1. The molecule has 2 aromatic heterocycles. The number of benzene rings is 1. The summed E-state index contributed by atoms with van der Waals surface area (Å²) < 4.78 is 1.88. The number of nitrogens with zero attached hydrogens (tertiary/aromatic N) is 6. The lowest BCUT2D eigenvalue weighted by Gasteiger charge is -2.16. The van der Waals surface area contributed by atoms with Gasteiger partial charge >= 0.3 is 6.03 Å². The van der Waals surface area contributed by atoms with Gasteiger partial charge in [-0.2, -0.15) is 5.10 Å². The van der Waals surface area contributed by atoms with Gasteiger partial charge in [-0.3, -0.25) is 0 Å². The number of carbonyl (C=O) groups excluding carboxylic acids is 1. The van der Waals surface area contributed by atoms with Crippen molar-refractivity contribution in [2.75, 3.05) is 13.1 Å². The summed E-state index contributed by atoms with van der Waals surface area (Å²) in [6.07, 6.45) is 5.47. The molecule has 0 bridgehead atoms. The average Bonchev–Trinajstić information content (AvgIpc) is 3.17. The van der Waals surface area contributed by atoms with Crippen LogP contribution in [0.5, 0.6) is 0 Å². The van der Waals surface area contributed by atoms with Gasteiger partial charge in [-0.15, -0.1) is 0 Å². The summed E-state index contributed by atoms with van der Waals surface area (Å²) >= 11 is 0. The highest BCUT2D eigenvalue weighted by molar-refractivity contribution is 6.00. The Kier molecular flexibility index (Phi) is 7.18. The van der Waals surface area contributed by atoms with Gasteiger partial charge in [0.1, 0.15) is 0 Å². The molecule has 0 fully saturated rings. The van der Waals surface area contributed by atoms with Gasteiger partial charge in [0.05, 0.1) is 41.7 Å². The van der Waals surface area contributed by atoms with E-state index in [0.717, 1.165) is 44.0 Å². The Morgan fingerprint density at radius 1 is 1.44 bits per heavy atom. The van der Waals surface area contributed by atoms with E-state index in [2.05, 4.69) is 14.9 Å². The minimum atomic E-state index is -0.694. The number of primary amides is 1. The third kappa shape index (κ3) is 5.28. The molecule has 0 aliphatic carbocycles. The minimum absolute atomic E-state index is 0.205. The molecular weight excluding hydrogens is 406 g/mol. The SMILES string of the molecule is [C-]#[N+]CCc1cc2c(C=NN(CCC(C)O)C(N)=O)cc(-c3cncn3C)nc2cc1C. The largest absolute Gasteiger partial charge is 0.393 e. The monoisotopic (exact) mass is 433 g/mol. The number of urea groups is 1. The fourth-order valence-electron chi connectivity index (χ4n) is 3.40. The number of hydrogen-bond acceptors (Lipinski definition) is 5. The van der Waals surface area contributed by atoms with E-state index in [4.69, 9.17) is 17.3 Å². The zero-order valence-electron chi connectivity index (χ0n) is 18.5. The molecule has 1 aromatic carbocycles. The van der Waals surface area contributed by atoms with Crippen LogP contribution in [-0.2, 0) is 13.5 Å². The normalized spacial score (nSPS) is 12.2. The highest BCUT2D eigenvalue weighted by atomic mass is 16.3. The minimum Gasteiger partial charge on any atom is -0.393 e. The molecule has 3 aromatic rings. The molecule has 0 radical (unpaired) electrons. The second-order valence-corrected chi connectivity index (χ2v) is 7.76. The molecular formula is C23H27N7O2. The molecule has 0 aliphatic heterocycles. The molecule has 0 saturated heterocycles. The predicted octanol–water partition coefficient (Wildman–Crippen LogP) is 2.89. The van der Waals surface area contributed by atoms with Gasteiger partial charge < -0.3 is 20.3 Å². The first-order chi connectivity index (χ1) is 15.3. The Morgan fingerprint density at radius 2 is 2.22 bits per heavy atom. The summed E-state index contributed by atoms with van der Waals surface area (Å²) in [7, 11) is 1.89. The third-order valence-corrected chi connectivity index (χ3v) is 5.22. The van der Waals surface area contributed by atoms with Crippen molar-refractivity contribution in [3.63, 3.8) is 0 Å². The van der Waals surface area contributed by atoms with Gasteiger partial charge in [-0.05, 0) is 49.6 Å². The maximum Gasteiger partial charge on any atom is 0.335 e. The van der Waals surface area contributed by atoms with E-state index < -0.39 is 12.1 Å². The molecule has 3 rings (SSSR count). The van der Waals surface area contributed by atoms with Gasteiger partial charge in [-0.25, -0.2) is 26.3 Å². The molecule has 2 heterocycles. The summed E-state index contributed by atoms with van der Waals surface area (Å²) in [5.41, 5.74) is 10.7. The number of imidazole rings is 1. The number of hydrazone groups is 1. The first-order valence-electron chi connectivity index (χ1n) is 10.3. The summed E-state index contributed by atoms with van der Waals surface area (Å²) in [6, 6.07) is 5.23. The first kappa shape index (κ1) is 22.9. The van der Waals surface area contributed by atoms with Crippen LogP contribution < -0.4 is 5.73 Å². The van der Waals surface area contributed by atoms with Gasteiger partial charge in [-0.1, -0.05) is 0 Å². The van der Waals surface area contributed by atoms with E-state index in [0.29, 0.717) is 19.4 Å². The molecule has 32 heavy (non-hydrogen) atoms. The van der Waals surface area contributed by atoms with Gasteiger partial charge in [0.15, 0.2) is 0 Å². The van der Waals surface area contributed by atoms with E-state index in [-0.39, 0.29) is 6.54 Å². The van der Waals surface area contributed by atoms with Crippen molar-refractivity contribution in [3.8, 4) is 11.4 Å². The number of aryl methyl sites for hydroxylation is 2. The van der Waals surface area contributed by atoms with Crippen LogP contribution in [0.2, 0.25) is 0 Å². The van der Waals surface area contributed by atoms with Gasteiger partial charge in [0.2, 0.25) is 6.54 Å². The molecule has 3 N–H and O–H groups in total. The summed E-state index contributed by atoms with van der Waals surface area (Å²) in [4.78, 5) is 24.3. The van der Waals surface area contributed by atoms with Gasteiger partial charge in [0.25, 0.3) is 0 Å². The highest BCUT2D eigenvalue weighted by Gasteiger charge is 2.14. The molecule has 166 valence electrons. The maximum absolute atomic E-state index is 11.8. The quantitative estimate of drug-likeness (QED) is 0.323. The number of hydrogen-bond donors (Lipinski definition) is 2. The molecule has 9 nitrogen and oxygen atoms in total. The summed E-state index contributed by atoms with van der Waals surface area (Å²) in [5, 5.41) is 15.8. The average molecular weight is 434 g/mol. The number of rotatable bonds is 8. The highest BCUT2D eigenvalue weighted by Crippen LogP contribution is 2.26. The number of amides is 2. The number of pyridine rings is 1. The van der Waals surface area contributed by atoms with Crippen LogP contribution in [0.3, 0.4) is 0 Å². The Balaban J connectivity index is 2.12. The van der Waals surface area contributed by atoms with Crippen LogP contribution in [0.1, 0.15) is 30.0 Å². The summed E-state index contributed by atoms with van der Waals surface area (Å²) in [6.45, 7) is 11.4. The van der Waals surface area contributed by atoms with Crippen molar-refractivity contribution in [1.82, 2.24) is 19.5 Å². The molecule has 9 heteroatoms. The molecule has 2 amide bonds. The fraction of sp³-hybridized carbons (Fsp3) is 0.348. The van der Waals surface area contributed by atoms with Crippen LogP contribution in [0.15, 0.2) is 35.8 Å². The van der Waals surface area contributed by atoms with E-state index >= 15 is 0 Å². The van der Waals surface area contributed by atoms with E-state index in [1.54, 1.807) is 25.7 Å². The van der Waals surface area contributed by atoms with Crippen LogP contribution in [0, 0.1) is 13.5 Å². The van der Waals surface area contributed by atoms with Crippen molar-refractivity contribution in [2.45, 2.75) is 32.8 Å². The van der Waals surface area contributed by atoms with E-state index in [1.165, 1.54) is 0 Å². The van der Waals surface area contributed by atoms with Crippen molar-refractivity contribution in [2.24, 2.45) is 17.9 Å². The lowest BCUT2D eigenvalue weighted by atomic mass is 9.99. The topological polar surface area (TPSA) is 114 Å². The summed E-state index contributed by atoms with van der Waals surface area (Å²) in [5.74, 6) is 0. The van der Waals surface area contributed by atoms with Crippen LogP contribution in [0.4, 0.5) is 4.79 Å². The maximum atomic E-state index is 11.8. The van der Waals surface area contributed by atoms with Crippen LogP contribution in [0.25, 0.3) is 27.1 Å². The molecule has 0 aliphatic rings. The molecule has 0 saturated carbocycles. The third-order valence-electron chi connectivity index (χ3n) is 5.22. The number of fused-ring (bicyclic) bond motifs is 1. The Hall–Kier alpha value is -3.77. The predicted molar refractivity (Wildman–Crippen MR) is 124 cm³/mol. The number of aromatic nitrogens is 3. The lowest BCUT2D eigenvalue weighted by Crippen LogP contribution is -2.33. The first-order valence-corrected chi connectivity index (χ1v) is 10.3. The molecule has 1 atom stereocenters. The van der Waals surface area contributed by atoms with Crippen LogP contribution in [-0.4, -0.2) is 56.1 Å². The molecule has 0 spiro atoms. The number of aliphatic hydroxyl groups excluding tert-OH is 1. The smallest absolute Gasteiger partial charge is 0.335 e. The van der Waals surface area contributed by atoms with Gasteiger partial charge in [0, 0.05) is 31.0 Å². The van der Waals surface area contributed by atoms with Crippen LogP contribution >= 0.6 is 0 Å². The standard InChI is InChI=1S/C23H27N7O2/c1-15-9-20-19(10-17(15)5-7-25-3)18(11-21(28-20)22-13-26-14-29(22)4)12-27-30(23(24)32)8-6-16(2)31/h9-14,16,31H,5-8H2,1-2,4H3,(H2,24,32). The van der Waals surface area contributed by atoms with Crippen molar-refractivity contribution < 1.29 is 9.90 Å². The second-order valence-electron chi connectivity index (χ2n) is 7.76. The zero-order valence-corrected chi connectivity index (χ0v) is 18.5. The fourth-order valence-corrected chi connectivity index (χ4v) is 3.40. The Morgan fingerprint density at radius 3 is 2.84 bits per heavy atom. The number of nitrogens with two attached hydrogens (primary N) is 1. The van der Waals surface area contributed by atoms with E-state index in [9.17, 15) is 9.90 Å². The Bertz CT molecular complexity index is 1190. The lowest BCUT2D eigenvalue weighted by molar-refractivity contribution is 0.161. The Labute approximate surface area is 187 Å². The zero-order chi connectivity index (χ0) is 23.3. The van der Waals surface area contributed by atoms with Crippen molar-refractivity contribution in [1.29, 1.82) is 0 Å². The second kappa shape index (κ2) is 10.0. The molecule has 1 unspecified atom stereocenters. The number of aliphatic hydroxyl groups is 1. The van der Waals surface area contributed by atoms with Crippen molar-refractivity contribution >= 4 is 23.1 Å². The van der Waals surface area contributed by atoms with E-state index in [1.807, 2.05) is 36.7 Å². The van der Waals surface area contributed by atoms with Crippen molar-refractivity contribution in [3.05, 3.63) is 58.8 Å².